The first kappa shape index (κ1) is 11.4. The summed E-state index contributed by atoms with van der Waals surface area (Å²) >= 11 is 0. The van der Waals surface area contributed by atoms with E-state index in [1.165, 1.54) is 0 Å². The molecule has 3 heteroatoms. The molecule has 2 rings (SSSR count). The summed E-state index contributed by atoms with van der Waals surface area (Å²) in [7, 11) is 0. The minimum absolute atomic E-state index is 0.416. The average Bonchev–Trinajstić information content (AvgIpc) is 2.57. The van der Waals surface area contributed by atoms with Crippen LogP contribution in [0.1, 0.15) is 25.0 Å². The zero-order valence-corrected chi connectivity index (χ0v) is 9.72. The third kappa shape index (κ3) is 2.54. The van der Waals surface area contributed by atoms with Crippen molar-refractivity contribution < 1.29 is 9.84 Å². The van der Waals surface area contributed by atoms with E-state index in [0.29, 0.717) is 0 Å². The lowest BCUT2D eigenvalue weighted by Crippen LogP contribution is -2.27. The van der Waals surface area contributed by atoms with E-state index < -0.39 is 6.10 Å². The van der Waals surface area contributed by atoms with E-state index in [0.717, 1.165) is 44.0 Å². The van der Waals surface area contributed by atoms with Crippen molar-refractivity contribution in [1.29, 1.82) is 0 Å². The molecule has 1 heterocycles. The van der Waals surface area contributed by atoms with Gasteiger partial charge in [0.05, 0.1) is 12.7 Å². The lowest BCUT2D eigenvalue weighted by atomic mass is 10.1. The van der Waals surface area contributed by atoms with Crippen molar-refractivity contribution in [2.45, 2.75) is 19.4 Å². The Hall–Kier alpha value is -1.06. The molecule has 1 atom stereocenters. The fraction of sp³-hybridized carbons (Fsp3) is 0.538. The van der Waals surface area contributed by atoms with E-state index in [9.17, 15) is 5.11 Å². The first-order valence-electron chi connectivity index (χ1n) is 5.88. The second-order valence-corrected chi connectivity index (χ2v) is 4.19. The molecule has 1 saturated heterocycles. The lowest BCUT2D eigenvalue weighted by molar-refractivity contribution is 0.152. The fourth-order valence-electron chi connectivity index (χ4n) is 2.12. The quantitative estimate of drug-likeness (QED) is 0.828. The van der Waals surface area contributed by atoms with E-state index in [4.69, 9.17) is 4.74 Å². The Morgan fingerprint density at radius 1 is 1.25 bits per heavy atom. The molecule has 0 aromatic heterocycles. The van der Waals surface area contributed by atoms with Crippen molar-refractivity contribution in [3.8, 4) is 0 Å². The number of benzene rings is 1. The molecular formula is C13H19NO2. The van der Waals surface area contributed by atoms with Gasteiger partial charge in [0.1, 0.15) is 0 Å². The number of hydrogen-bond donors (Lipinski definition) is 1. The molecule has 0 unspecified atom stereocenters. The van der Waals surface area contributed by atoms with Gasteiger partial charge in [-0.3, -0.25) is 0 Å². The van der Waals surface area contributed by atoms with Gasteiger partial charge >= 0.3 is 0 Å². The topological polar surface area (TPSA) is 32.7 Å². The van der Waals surface area contributed by atoms with Crippen LogP contribution >= 0.6 is 0 Å². The van der Waals surface area contributed by atoms with Gasteiger partial charge in [-0.05, 0) is 19.4 Å². The van der Waals surface area contributed by atoms with E-state index >= 15 is 0 Å². The number of anilines is 1. The summed E-state index contributed by atoms with van der Waals surface area (Å²) in [6, 6.07) is 8.06. The normalized spacial score (nSPS) is 19.2. The van der Waals surface area contributed by atoms with Gasteiger partial charge in [0.15, 0.2) is 0 Å². The molecule has 1 aliphatic heterocycles. The van der Waals surface area contributed by atoms with Crippen LogP contribution < -0.4 is 4.90 Å². The molecular weight excluding hydrogens is 202 g/mol. The number of para-hydroxylation sites is 1. The Balaban J connectivity index is 2.23. The van der Waals surface area contributed by atoms with E-state index in [1.54, 1.807) is 0 Å². The van der Waals surface area contributed by atoms with Crippen molar-refractivity contribution in [3.63, 3.8) is 0 Å². The molecule has 0 aliphatic carbocycles. The Labute approximate surface area is 96.6 Å². The minimum Gasteiger partial charge on any atom is -0.389 e. The van der Waals surface area contributed by atoms with Gasteiger partial charge in [-0.25, -0.2) is 0 Å². The summed E-state index contributed by atoms with van der Waals surface area (Å²) in [6.07, 6.45) is 0.633. The molecule has 88 valence electrons. The second kappa shape index (κ2) is 5.32. The summed E-state index contributed by atoms with van der Waals surface area (Å²) < 4.78 is 5.44. The summed E-state index contributed by atoms with van der Waals surface area (Å²) in [5.74, 6) is 0. The average molecular weight is 221 g/mol. The Bertz CT molecular complexity index is 330. The predicted octanol–water partition coefficient (Wildman–Crippen LogP) is 1.97. The number of hydrogen-bond acceptors (Lipinski definition) is 3. The molecule has 1 aromatic rings. The molecule has 3 nitrogen and oxygen atoms in total. The third-order valence-corrected chi connectivity index (χ3v) is 2.95. The van der Waals surface area contributed by atoms with E-state index in [2.05, 4.69) is 11.0 Å². The van der Waals surface area contributed by atoms with Crippen LogP contribution in [-0.2, 0) is 4.74 Å². The van der Waals surface area contributed by atoms with E-state index in [-0.39, 0.29) is 0 Å². The summed E-state index contributed by atoms with van der Waals surface area (Å²) in [6.45, 7) is 5.34. The van der Waals surface area contributed by atoms with Gasteiger partial charge in [-0.15, -0.1) is 0 Å². The first-order chi connectivity index (χ1) is 7.79. The highest BCUT2D eigenvalue weighted by atomic mass is 16.5. The van der Waals surface area contributed by atoms with Crippen LogP contribution in [0, 0.1) is 0 Å². The zero-order valence-electron chi connectivity index (χ0n) is 9.72. The molecule has 0 bridgehead atoms. The van der Waals surface area contributed by atoms with Crippen molar-refractivity contribution in [3.05, 3.63) is 29.8 Å². The van der Waals surface area contributed by atoms with Gasteiger partial charge < -0.3 is 14.7 Å². The van der Waals surface area contributed by atoms with Gasteiger partial charge in [0.25, 0.3) is 0 Å². The molecule has 1 aliphatic rings. The van der Waals surface area contributed by atoms with Crippen LogP contribution in [0.15, 0.2) is 24.3 Å². The SMILES string of the molecule is C[C@H](O)c1ccccc1N1CCCOCC1. The third-order valence-electron chi connectivity index (χ3n) is 2.95. The molecule has 0 radical (unpaired) electrons. The Morgan fingerprint density at radius 2 is 2.06 bits per heavy atom. The molecule has 0 amide bonds. The Kier molecular flexibility index (Phi) is 3.80. The van der Waals surface area contributed by atoms with Crippen molar-refractivity contribution in [2.75, 3.05) is 31.2 Å². The van der Waals surface area contributed by atoms with Gasteiger partial charge in [-0.1, -0.05) is 18.2 Å². The van der Waals surface area contributed by atoms with Crippen LogP contribution in [0.4, 0.5) is 5.69 Å². The van der Waals surface area contributed by atoms with Crippen LogP contribution in [0.3, 0.4) is 0 Å². The number of rotatable bonds is 2. The molecule has 1 N–H and O–H groups in total. The number of aliphatic hydroxyl groups excluding tert-OH is 1. The number of ether oxygens (including phenoxy) is 1. The summed E-state index contributed by atoms with van der Waals surface area (Å²) in [5.41, 5.74) is 2.15. The highest BCUT2D eigenvalue weighted by molar-refractivity contribution is 5.54. The van der Waals surface area contributed by atoms with Crippen LogP contribution in [0.25, 0.3) is 0 Å². The minimum atomic E-state index is -0.416. The largest absolute Gasteiger partial charge is 0.389 e. The summed E-state index contributed by atoms with van der Waals surface area (Å²) in [4.78, 5) is 2.30. The monoisotopic (exact) mass is 221 g/mol. The molecule has 1 aromatic carbocycles. The first-order valence-corrected chi connectivity index (χ1v) is 5.88. The standard InChI is InChI=1S/C13H19NO2/c1-11(15)12-5-2-3-6-13(12)14-7-4-9-16-10-8-14/h2-3,5-6,11,15H,4,7-10H2,1H3/t11-/m0/s1. The maximum Gasteiger partial charge on any atom is 0.0781 e. The number of aliphatic hydroxyl groups is 1. The zero-order chi connectivity index (χ0) is 11.4. The highest BCUT2D eigenvalue weighted by Crippen LogP contribution is 2.26. The number of nitrogens with zero attached hydrogens (tertiary/aromatic N) is 1. The fourth-order valence-corrected chi connectivity index (χ4v) is 2.12. The second-order valence-electron chi connectivity index (χ2n) is 4.19. The lowest BCUT2D eigenvalue weighted by Gasteiger charge is -2.25. The van der Waals surface area contributed by atoms with Crippen molar-refractivity contribution in [1.82, 2.24) is 0 Å². The molecule has 0 saturated carbocycles. The maximum atomic E-state index is 9.75. The van der Waals surface area contributed by atoms with Gasteiger partial charge in [-0.2, -0.15) is 0 Å². The van der Waals surface area contributed by atoms with E-state index in [1.807, 2.05) is 25.1 Å². The highest BCUT2D eigenvalue weighted by Gasteiger charge is 2.15. The van der Waals surface area contributed by atoms with Gasteiger partial charge in [0.2, 0.25) is 0 Å². The molecule has 16 heavy (non-hydrogen) atoms. The maximum absolute atomic E-state index is 9.75. The Morgan fingerprint density at radius 3 is 2.88 bits per heavy atom. The van der Waals surface area contributed by atoms with Gasteiger partial charge in [0, 0.05) is 30.9 Å². The predicted molar refractivity (Wildman–Crippen MR) is 64.7 cm³/mol. The summed E-state index contributed by atoms with van der Waals surface area (Å²) in [5, 5.41) is 9.75. The smallest absolute Gasteiger partial charge is 0.0781 e. The van der Waals surface area contributed by atoms with Crippen LogP contribution in [0.5, 0.6) is 0 Å². The van der Waals surface area contributed by atoms with Crippen LogP contribution in [0.2, 0.25) is 0 Å². The van der Waals surface area contributed by atoms with Crippen molar-refractivity contribution in [2.24, 2.45) is 0 Å². The molecule has 1 fully saturated rings. The van der Waals surface area contributed by atoms with Crippen molar-refractivity contribution >= 4 is 5.69 Å². The molecule has 0 spiro atoms. The van der Waals surface area contributed by atoms with Crippen LogP contribution in [-0.4, -0.2) is 31.4 Å².